The molecular weight excluding hydrogens is 584 g/mol. The van der Waals surface area contributed by atoms with Crippen LogP contribution < -0.4 is 10.6 Å². The first kappa shape index (κ1) is 43.6. The molecule has 9 heteroatoms. The Hall–Kier alpha value is -2.42. The molecule has 4 N–H and O–H groups in total. The molecule has 0 aromatic rings. The normalized spacial score (nSPS) is 12.6. The quantitative estimate of drug-likeness (QED) is 0.0320. The molecule has 0 fully saturated rings. The van der Waals surface area contributed by atoms with E-state index in [0.717, 1.165) is 64.2 Å². The molecule has 0 aliphatic carbocycles. The number of allylic oxidation sites excluding steroid dienone is 2. The number of amides is 2. The minimum absolute atomic E-state index is 0.00822. The van der Waals surface area contributed by atoms with Gasteiger partial charge in [-0.15, -0.1) is 0 Å². The Morgan fingerprint density at radius 1 is 0.630 bits per heavy atom. The zero-order valence-corrected chi connectivity index (χ0v) is 29.3. The van der Waals surface area contributed by atoms with E-state index >= 15 is 0 Å². The lowest BCUT2D eigenvalue weighted by atomic mass is 10.0. The second kappa shape index (κ2) is 32.5. The first-order valence-electron chi connectivity index (χ1n) is 18.6. The topological polar surface area (TPSA) is 142 Å². The fourth-order valence-electron chi connectivity index (χ4n) is 5.34. The Morgan fingerprint density at radius 2 is 1.13 bits per heavy atom. The fourth-order valence-corrected chi connectivity index (χ4v) is 5.34. The molecule has 0 rings (SSSR count). The molecule has 0 aliphatic heterocycles. The standard InChI is InChI=1S/C37H68N2O7/c1-3-5-7-9-11-12-13-14-16-21-25-29-36(43)46-32(26-22-18-15-10-8-6-4-2)27-23-19-17-20-24-28-34(41)38-30-35(42)39-33(31-40)37(44)45/h9,11,32-33,40H,3-8,10,12-31H2,1-2H3,(H,38,41)(H,39,42)(H,44,45)/b11-9-. The lowest BCUT2D eigenvalue weighted by Crippen LogP contribution is -2.47. The van der Waals surface area contributed by atoms with E-state index in [0.29, 0.717) is 19.3 Å². The maximum atomic E-state index is 12.6. The molecule has 0 heterocycles. The van der Waals surface area contributed by atoms with Crippen LogP contribution in [0.3, 0.4) is 0 Å². The molecule has 0 bridgehead atoms. The molecule has 0 aromatic heterocycles. The summed E-state index contributed by atoms with van der Waals surface area (Å²) in [5, 5.41) is 22.5. The number of carbonyl (C=O) groups excluding carboxylic acids is 3. The van der Waals surface area contributed by atoms with Crippen molar-refractivity contribution in [2.75, 3.05) is 13.2 Å². The number of carboxylic acids is 1. The van der Waals surface area contributed by atoms with Gasteiger partial charge in [0.25, 0.3) is 0 Å². The number of ether oxygens (including phenoxy) is 1. The van der Waals surface area contributed by atoms with Crippen LogP contribution in [0.1, 0.15) is 174 Å². The summed E-state index contributed by atoms with van der Waals surface area (Å²) >= 11 is 0. The number of aliphatic carboxylic acids is 1. The third kappa shape index (κ3) is 29.0. The number of aliphatic hydroxyl groups excluding tert-OH is 1. The molecule has 0 aromatic carbocycles. The number of aliphatic hydroxyl groups is 1. The smallest absolute Gasteiger partial charge is 0.328 e. The summed E-state index contributed by atoms with van der Waals surface area (Å²) in [5.41, 5.74) is 0. The Bertz CT molecular complexity index is 803. The van der Waals surface area contributed by atoms with Gasteiger partial charge in [0.1, 0.15) is 12.1 Å². The van der Waals surface area contributed by atoms with Gasteiger partial charge in [0, 0.05) is 12.8 Å². The number of carboxylic acid groups (broad SMARTS) is 1. The highest BCUT2D eigenvalue weighted by molar-refractivity contribution is 5.87. The molecule has 2 amide bonds. The summed E-state index contributed by atoms with van der Waals surface area (Å²) < 4.78 is 5.96. The molecular formula is C37H68N2O7. The fraction of sp³-hybridized carbons (Fsp3) is 0.838. The molecule has 9 nitrogen and oxygen atoms in total. The van der Waals surface area contributed by atoms with Crippen molar-refractivity contribution in [3.63, 3.8) is 0 Å². The summed E-state index contributed by atoms with van der Waals surface area (Å²) in [7, 11) is 0. The van der Waals surface area contributed by atoms with Crippen LogP contribution in [0.15, 0.2) is 12.2 Å². The predicted molar refractivity (Wildman–Crippen MR) is 185 cm³/mol. The maximum Gasteiger partial charge on any atom is 0.328 e. The van der Waals surface area contributed by atoms with Crippen LogP contribution in [0, 0.1) is 0 Å². The maximum absolute atomic E-state index is 12.6. The third-order valence-electron chi connectivity index (χ3n) is 8.26. The monoisotopic (exact) mass is 653 g/mol. The zero-order valence-electron chi connectivity index (χ0n) is 29.3. The van der Waals surface area contributed by atoms with Gasteiger partial charge >= 0.3 is 11.9 Å². The van der Waals surface area contributed by atoms with Gasteiger partial charge in [-0.1, -0.05) is 116 Å². The van der Waals surface area contributed by atoms with E-state index < -0.39 is 24.5 Å². The van der Waals surface area contributed by atoms with Crippen LogP contribution in [0.5, 0.6) is 0 Å². The van der Waals surface area contributed by atoms with Crippen LogP contribution in [0.4, 0.5) is 0 Å². The summed E-state index contributed by atoms with van der Waals surface area (Å²) in [6.07, 6.45) is 31.0. The average Bonchev–Trinajstić information content (AvgIpc) is 3.03. The van der Waals surface area contributed by atoms with Crippen LogP contribution in [0.2, 0.25) is 0 Å². The van der Waals surface area contributed by atoms with Crippen molar-refractivity contribution < 1.29 is 34.1 Å². The van der Waals surface area contributed by atoms with Gasteiger partial charge < -0.3 is 25.6 Å². The van der Waals surface area contributed by atoms with Crippen molar-refractivity contribution >= 4 is 23.8 Å². The molecule has 2 atom stereocenters. The number of unbranched alkanes of at least 4 members (excludes halogenated alkanes) is 17. The van der Waals surface area contributed by atoms with Gasteiger partial charge in [-0.3, -0.25) is 14.4 Å². The Balaban J connectivity index is 4.21. The molecule has 0 radical (unpaired) electrons. The largest absolute Gasteiger partial charge is 0.480 e. The first-order valence-corrected chi connectivity index (χ1v) is 18.6. The molecule has 0 spiro atoms. The van der Waals surface area contributed by atoms with E-state index in [-0.39, 0.29) is 24.5 Å². The number of hydrogen-bond donors (Lipinski definition) is 4. The SMILES string of the molecule is CCCC/C=C\CCCCCCCC(=O)OC(CCCCCCCCC)CCCCCCCC(=O)NCC(=O)NC(CO)C(=O)O. The highest BCUT2D eigenvalue weighted by Gasteiger charge is 2.19. The Kier molecular flexibility index (Phi) is 30.8. The van der Waals surface area contributed by atoms with Crippen molar-refractivity contribution in [1.29, 1.82) is 0 Å². The van der Waals surface area contributed by atoms with Gasteiger partial charge in [-0.25, -0.2) is 4.79 Å². The van der Waals surface area contributed by atoms with Crippen LogP contribution in [0.25, 0.3) is 0 Å². The zero-order chi connectivity index (χ0) is 34.1. The lowest BCUT2D eigenvalue weighted by Gasteiger charge is -2.18. The lowest BCUT2D eigenvalue weighted by molar-refractivity contribution is -0.150. The van der Waals surface area contributed by atoms with E-state index in [1.54, 1.807) is 0 Å². The van der Waals surface area contributed by atoms with Crippen molar-refractivity contribution in [3.05, 3.63) is 12.2 Å². The Morgan fingerprint density at radius 3 is 1.70 bits per heavy atom. The summed E-state index contributed by atoms with van der Waals surface area (Å²) in [6, 6.07) is -1.38. The molecule has 268 valence electrons. The predicted octanol–water partition coefficient (Wildman–Crippen LogP) is 7.92. The average molecular weight is 653 g/mol. The molecule has 0 saturated heterocycles. The number of rotatable bonds is 33. The van der Waals surface area contributed by atoms with Crippen molar-refractivity contribution in [2.45, 2.75) is 187 Å². The van der Waals surface area contributed by atoms with Crippen LogP contribution >= 0.6 is 0 Å². The highest BCUT2D eigenvalue weighted by Crippen LogP contribution is 2.18. The van der Waals surface area contributed by atoms with Crippen molar-refractivity contribution in [1.82, 2.24) is 10.6 Å². The van der Waals surface area contributed by atoms with Gasteiger partial charge in [0.05, 0.1) is 13.2 Å². The van der Waals surface area contributed by atoms with Crippen LogP contribution in [-0.2, 0) is 23.9 Å². The van der Waals surface area contributed by atoms with Gasteiger partial charge in [-0.2, -0.15) is 0 Å². The minimum Gasteiger partial charge on any atom is -0.480 e. The van der Waals surface area contributed by atoms with E-state index in [9.17, 15) is 19.2 Å². The molecule has 0 saturated carbocycles. The van der Waals surface area contributed by atoms with Crippen LogP contribution in [-0.4, -0.2) is 59.3 Å². The van der Waals surface area contributed by atoms with E-state index in [2.05, 4.69) is 36.6 Å². The number of hydrogen-bond acceptors (Lipinski definition) is 6. The van der Waals surface area contributed by atoms with Crippen molar-refractivity contribution in [2.24, 2.45) is 0 Å². The summed E-state index contributed by atoms with van der Waals surface area (Å²) in [6.45, 7) is 3.42. The second-order valence-electron chi connectivity index (χ2n) is 12.7. The number of esters is 1. The minimum atomic E-state index is -1.38. The van der Waals surface area contributed by atoms with Crippen molar-refractivity contribution in [3.8, 4) is 0 Å². The molecule has 46 heavy (non-hydrogen) atoms. The molecule has 0 aliphatic rings. The highest BCUT2D eigenvalue weighted by atomic mass is 16.5. The molecule has 2 unspecified atom stereocenters. The van der Waals surface area contributed by atoms with Gasteiger partial charge in [0.2, 0.25) is 11.8 Å². The number of nitrogens with one attached hydrogen (secondary N) is 2. The number of carbonyl (C=O) groups is 4. The first-order chi connectivity index (χ1) is 22.3. The second-order valence-corrected chi connectivity index (χ2v) is 12.7. The van der Waals surface area contributed by atoms with E-state index in [4.69, 9.17) is 14.9 Å². The van der Waals surface area contributed by atoms with E-state index in [1.165, 1.54) is 77.0 Å². The van der Waals surface area contributed by atoms with E-state index in [1.807, 2.05) is 0 Å². The third-order valence-corrected chi connectivity index (χ3v) is 8.26. The summed E-state index contributed by atoms with van der Waals surface area (Å²) in [5.74, 6) is -2.30. The summed E-state index contributed by atoms with van der Waals surface area (Å²) in [4.78, 5) is 47.2. The van der Waals surface area contributed by atoms with Gasteiger partial charge in [-0.05, 0) is 57.8 Å². The van der Waals surface area contributed by atoms with Gasteiger partial charge in [0.15, 0.2) is 0 Å². The Labute approximate surface area is 280 Å².